The minimum atomic E-state index is 0.893. The van der Waals surface area contributed by atoms with Crippen LogP contribution in [0.5, 0.6) is 0 Å². The van der Waals surface area contributed by atoms with E-state index in [0.717, 1.165) is 12.5 Å². The quantitative estimate of drug-likeness (QED) is 0.369. The molecule has 1 aliphatic rings. The first kappa shape index (κ1) is 9.96. The van der Waals surface area contributed by atoms with Crippen molar-refractivity contribution in [1.82, 2.24) is 10.3 Å². The molecule has 1 saturated heterocycles. The molecule has 1 unspecified atom stereocenters. The van der Waals surface area contributed by atoms with E-state index < -0.39 is 0 Å². The zero-order valence-electron chi connectivity index (χ0n) is 8.05. The Labute approximate surface area is 75.3 Å². The second-order valence-electron chi connectivity index (χ2n) is 3.86. The van der Waals surface area contributed by atoms with Gasteiger partial charge in [-0.05, 0) is 38.3 Å². The molecule has 1 rings (SSSR count). The van der Waals surface area contributed by atoms with Crippen molar-refractivity contribution in [3.05, 3.63) is 0 Å². The minimum absolute atomic E-state index is 0.893. The molecule has 3 heteroatoms. The third kappa shape index (κ3) is 3.52. The number of nitrogens with two attached hydrogens (primary N) is 1. The van der Waals surface area contributed by atoms with Crippen LogP contribution in [-0.2, 0) is 0 Å². The molecule has 0 radical (unpaired) electrons. The highest BCUT2D eigenvalue weighted by Crippen LogP contribution is 2.14. The monoisotopic (exact) mass is 171 g/mol. The van der Waals surface area contributed by atoms with Gasteiger partial charge in [-0.2, -0.15) is 0 Å². The van der Waals surface area contributed by atoms with Gasteiger partial charge in [-0.3, -0.25) is 11.3 Å². The molecule has 0 saturated carbocycles. The van der Waals surface area contributed by atoms with Crippen molar-refractivity contribution in [3.63, 3.8) is 0 Å². The van der Waals surface area contributed by atoms with E-state index in [1.54, 1.807) is 0 Å². The van der Waals surface area contributed by atoms with Crippen LogP contribution in [0.25, 0.3) is 0 Å². The normalized spacial score (nSPS) is 26.0. The summed E-state index contributed by atoms with van der Waals surface area (Å²) in [5.74, 6) is 6.10. The third-order valence-corrected chi connectivity index (χ3v) is 2.54. The Hall–Kier alpha value is -0.120. The summed E-state index contributed by atoms with van der Waals surface area (Å²) < 4.78 is 0. The first-order chi connectivity index (χ1) is 5.83. The molecule has 0 spiro atoms. The van der Waals surface area contributed by atoms with Crippen LogP contribution < -0.4 is 11.3 Å². The number of rotatable bonds is 4. The van der Waals surface area contributed by atoms with Crippen LogP contribution in [0.4, 0.5) is 0 Å². The number of nitrogens with zero attached hydrogens (tertiary/aromatic N) is 1. The van der Waals surface area contributed by atoms with E-state index in [9.17, 15) is 0 Å². The van der Waals surface area contributed by atoms with Crippen molar-refractivity contribution in [3.8, 4) is 0 Å². The standard InChI is InChI=1S/C9H21N3/c1-9-4-2-6-12(8-9)7-3-5-11-10/h9,11H,2-8,10H2,1H3. The van der Waals surface area contributed by atoms with Crippen molar-refractivity contribution in [1.29, 1.82) is 0 Å². The number of piperidine rings is 1. The van der Waals surface area contributed by atoms with E-state index in [0.29, 0.717) is 0 Å². The van der Waals surface area contributed by atoms with Crippen LogP contribution in [-0.4, -0.2) is 31.1 Å². The maximum atomic E-state index is 5.20. The molecule has 0 aliphatic carbocycles. The number of nitrogens with one attached hydrogen (secondary N) is 1. The van der Waals surface area contributed by atoms with Crippen LogP contribution >= 0.6 is 0 Å². The Bertz CT molecular complexity index is 116. The van der Waals surface area contributed by atoms with Gasteiger partial charge in [-0.25, -0.2) is 0 Å². The van der Waals surface area contributed by atoms with Crippen LogP contribution in [0.3, 0.4) is 0 Å². The van der Waals surface area contributed by atoms with Gasteiger partial charge in [0.25, 0.3) is 0 Å². The lowest BCUT2D eigenvalue weighted by Gasteiger charge is -2.30. The Morgan fingerprint density at radius 1 is 1.58 bits per heavy atom. The summed E-state index contributed by atoms with van der Waals surface area (Å²) in [6.07, 6.45) is 3.95. The summed E-state index contributed by atoms with van der Waals surface area (Å²) in [6, 6.07) is 0. The van der Waals surface area contributed by atoms with E-state index in [1.807, 2.05) is 0 Å². The molecule has 1 atom stereocenters. The van der Waals surface area contributed by atoms with E-state index in [1.165, 1.54) is 38.9 Å². The number of hydrazine groups is 1. The molecule has 0 amide bonds. The van der Waals surface area contributed by atoms with Crippen molar-refractivity contribution in [2.24, 2.45) is 11.8 Å². The zero-order chi connectivity index (χ0) is 8.81. The lowest BCUT2D eigenvalue weighted by molar-refractivity contribution is 0.182. The SMILES string of the molecule is CC1CCCN(CCCNN)C1. The molecule has 3 N–H and O–H groups in total. The average molecular weight is 171 g/mol. The van der Waals surface area contributed by atoms with Gasteiger partial charge in [0.15, 0.2) is 0 Å². The average Bonchev–Trinajstić information content (AvgIpc) is 2.05. The predicted molar refractivity (Wildman–Crippen MR) is 51.6 cm³/mol. The van der Waals surface area contributed by atoms with Gasteiger partial charge in [0.2, 0.25) is 0 Å². The van der Waals surface area contributed by atoms with Crippen molar-refractivity contribution in [2.75, 3.05) is 26.2 Å². The summed E-state index contributed by atoms with van der Waals surface area (Å²) in [5.41, 5.74) is 2.69. The predicted octanol–water partition coefficient (Wildman–Crippen LogP) is 0.572. The largest absolute Gasteiger partial charge is 0.303 e. The maximum absolute atomic E-state index is 5.20. The Balaban J connectivity index is 2.06. The number of hydrogen-bond donors (Lipinski definition) is 2. The molecule has 1 heterocycles. The maximum Gasteiger partial charge on any atom is 0.0110 e. The lowest BCUT2D eigenvalue weighted by Crippen LogP contribution is -2.36. The van der Waals surface area contributed by atoms with Crippen molar-refractivity contribution < 1.29 is 0 Å². The first-order valence-corrected chi connectivity index (χ1v) is 4.98. The summed E-state index contributed by atoms with van der Waals surface area (Å²) in [5, 5.41) is 0. The van der Waals surface area contributed by atoms with Crippen LogP contribution in [0.1, 0.15) is 26.2 Å². The molecule has 72 valence electrons. The van der Waals surface area contributed by atoms with Crippen LogP contribution in [0.15, 0.2) is 0 Å². The van der Waals surface area contributed by atoms with Gasteiger partial charge < -0.3 is 4.90 Å². The van der Waals surface area contributed by atoms with Gasteiger partial charge in [-0.15, -0.1) is 0 Å². The Morgan fingerprint density at radius 2 is 2.42 bits per heavy atom. The van der Waals surface area contributed by atoms with E-state index >= 15 is 0 Å². The summed E-state index contributed by atoms with van der Waals surface area (Å²) >= 11 is 0. The van der Waals surface area contributed by atoms with E-state index in [4.69, 9.17) is 5.84 Å². The smallest absolute Gasteiger partial charge is 0.0110 e. The molecule has 3 nitrogen and oxygen atoms in total. The fourth-order valence-electron chi connectivity index (χ4n) is 1.89. The fourth-order valence-corrected chi connectivity index (χ4v) is 1.89. The second-order valence-corrected chi connectivity index (χ2v) is 3.86. The van der Waals surface area contributed by atoms with Gasteiger partial charge in [0.1, 0.15) is 0 Å². The molecular formula is C9H21N3. The zero-order valence-corrected chi connectivity index (χ0v) is 8.05. The molecule has 1 fully saturated rings. The van der Waals surface area contributed by atoms with Crippen LogP contribution in [0, 0.1) is 5.92 Å². The molecule has 0 aromatic heterocycles. The molecular weight excluding hydrogens is 150 g/mol. The number of hydrogen-bond acceptors (Lipinski definition) is 3. The summed E-state index contributed by atoms with van der Waals surface area (Å²) in [7, 11) is 0. The van der Waals surface area contributed by atoms with E-state index in [2.05, 4.69) is 17.2 Å². The van der Waals surface area contributed by atoms with Crippen molar-refractivity contribution >= 4 is 0 Å². The highest BCUT2D eigenvalue weighted by Gasteiger charge is 2.14. The van der Waals surface area contributed by atoms with E-state index in [-0.39, 0.29) is 0 Å². The van der Waals surface area contributed by atoms with Crippen molar-refractivity contribution in [2.45, 2.75) is 26.2 Å². The lowest BCUT2D eigenvalue weighted by atomic mass is 10.0. The summed E-state index contributed by atoms with van der Waals surface area (Å²) in [4.78, 5) is 2.55. The van der Waals surface area contributed by atoms with Gasteiger partial charge in [0, 0.05) is 13.1 Å². The minimum Gasteiger partial charge on any atom is -0.303 e. The third-order valence-electron chi connectivity index (χ3n) is 2.54. The fraction of sp³-hybridized carbons (Fsp3) is 1.00. The molecule has 0 aromatic rings. The molecule has 0 bridgehead atoms. The molecule has 12 heavy (non-hydrogen) atoms. The second kappa shape index (κ2) is 5.51. The highest BCUT2D eigenvalue weighted by molar-refractivity contribution is 4.69. The highest BCUT2D eigenvalue weighted by atomic mass is 15.2. The number of likely N-dealkylation sites (tertiary alicyclic amines) is 1. The summed E-state index contributed by atoms with van der Waals surface area (Å²) in [6.45, 7) is 7.05. The Morgan fingerprint density at radius 3 is 3.08 bits per heavy atom. The van der Waals surface area contributed by atoms with Crippen LogP contribution in [0.2, 0.25) is 0 Å². The van der Waals surface area contributed by atoms with Gasteiger partial charge in [0.05, 0.1) is 0 Å². The molecule has 0 aromatic carbocycles. The van der Waals surface area contributed by atoms with Gasteiger partial charge >= 0.3 is 0 Å². The first-order valence-electron chi connectivity index (χ1n) is 4.98. The topological polar surface area (TPSA) is 41.3 Å². The Kier molecular flexibility index (Phi) is 4.58. The van der Waals surface area contributed by atoms with Gasteiger partial charge in [-0.1, -0.05) is 6.92 Å². The molecule has 1 aliphatic heterocycles.